The maximum atomic E-state index is 11.8. The molecule has 1 amide bonds. The summed E-state index contributed by atoms with van der Waals surface area (Å²) in [4.78, 5) is 11.8. The van der Waals surface area contributed by atoms with Crippen molar-refractivity contribution in [3.8, 4) is 5.75 Å². The van der Waals surface area contributed by atoms with Crippen LogP contribution in [0.5, 0.6) is 5.75 Å². The number of hydrogen-bond donors (Lipinski definition) is 2. The molecule has 0 aliphatic heterocycles. The second kappa shape index (κ2) is 8.67. The minimum Gasteiger partial charge on any atom is -0.496 e. The number of methoxy groups -OCH3 is 1. The van der Waals surface area contributed by atoms with Gasteiger partial charge in [-0.25, -0.2) is 0 Å². The molecular formula is C17H26N2O2. The molecule has 2 N–H and O–H groups in total. The molecule has 0 atom stereocenters. The van der Waals surface area contributed by atoms with Gasteiger partial charge in [-0.1, -0.05) is 37.5 Å². The molecule has 1 aliphatic rings. The molecule has 4 nitrogen and oxygen atoms in total. The molecule has 1 aromatic rings. The standard InChI is InChI=1S/C17H26N2O2/c1-21-16-10-6-5-7-14(16)11-12-18-17(20)13-19-15-8-3-2-4-9-15/h5-7,10,15,19H,2-4,8-9,11-13H2,1H3,(H,18,20). The summed E-state index contributed by atoms with van der Waals surface area (Å²) in [5.41, 5.74) is 1.13. The summed E-state index contributed by atoms with van der Waals surface area (Å²) in [5, 5.41) is 6.32. The Bertz CT molecular complexity index is 442. The molecule has 0 radical (unpaired) electrons. The van der Waals surface area contributed by atoms with E-state index in [0.29, 0.717) is 19.1 Å². The largest absolute Gasteiger partial charge is 0.496 e. The lowest BCUT2D eigenvalue weighted by Crippen LogP contribution is -2.40. The van der Waals surface area contributed by atoms with Gasteiger partial charge in [-0.2, -0.15) is 0 Å². The van der Waals surface area contributed by atoms with Gasteiger partial charge in [0.05, 0.1) is 13.7 Å². The van der Waals surface area contributed by atoms with Crippen molar-refractivity contribution in [1.82, 2.24) is 10.6 Å². The molecule has 21 heavy (non-hydrogen) atoms. The Morgan fingerprint density at radius 3 is 2.76 bits per heavy atom. The molecule has 2 rings (SSSR count). The highest BCUT2D eigenvalue weighted by Crippen LogP contribution is 2.17. The van der Waals surface area contributed by atoms with Gasteiger partial charge in [-0.05, 0) is 30.9 Å². The van der Waals surface area contributed by atoms with Crippen molar-refractivity contribution < 1.29 is 9.53 Å². The highest BCUT2D eigenvalue weighted by Gasteiger charge is 2.13. The predicted molar refractivity (Wildman–Crippen MR) is 84.6 cm³/mol. The third-order valence-electron chi connectivity index (χ3n) is 4.07. The highest BCUT2D eigenvalue weighted by molar-refractivity contribution is 5.78. The maximum absolute atomic E-state index is 11.8. The van der Waals surface area contributed by atoms with Gasteiger partial charge in [-0.15, -0.1) is 0 Å². The molecule has 0 unspecified atom stereocenters. The van der Waals surface area contributed by atoms with Crippen LogP contribution >= 0.6 is 0 Å². The van der Waals surface area contributed by atoms with E-state index in [0.717, 1.165) is 17.7 Å². The molecule has 0 heterocycles. The van der Waals surface area contributed by atoms with E-state index < -0.39 is 0 Å². The van der Waals surface area contributed by atoms with Gasteiger partial charge in [0.15, 0.2) is 0 Å². The lowest BCUT2D eigenvalue weighted by molar-refractivity contribution is -0.120. The van der Waals surface area contributed by atoms with E-state index >= 15 is 0 Å². The number of ether oxygens (including phenoxy) is 1. The zero-order valence-electron chi connectivity index (χ0n) is 12.9. The molecule has 0 bridgehead atoms. The molecule has 1 aromatic carbocycles. The molecule has 0 aromatic heterocycles. The van der Waals surface area contributed by atoms with Crippen molar-refractivity contribution >= 4 is 5.91 Å². The normalized spacial score (nSPS) is 15.7. The first-order valence-electron chi connectivity index (χ1n) is 7.91. The highest BCUT2D eigenvalue weighted by atomic mass is 16.5. The predicted octanol–water partition coefficient (Wildman–Crippen LogP) is 2.28. The van der Waals surface area contributed by atoms with Crippen molar-refractivity contribution in [2.24, 2.45) is 0 Å². The zero-order chi connectivity index (χ0) is 14.9. The Labute approximate surface area is 127 Å². The van der Waals surface area contributed by atoms with Crippen molar-refractivity contribution in [1.29, 1.82) is 0 Å². The summed E-state index contributed by atoms with van der Waals surface area (Å²) in [6.45, 7) is 1.07. The van der Waals surface area contributed by atoms with E-state index in [1.807, 2.05) is 24.3 Å². The molecule has 4 heteroatoms. The van der Waals surface area contributed by atoms with Crippen molar-refractivity contribution in [2.75, 3.05) is 20.2 Å². The van der Waals surface area contributed by atoms with Crippen LogP contribution in [0, 0.1) is 0 Å². The van der Waals surface area contributed by atoms with E-state index in [-0.39, 0.29) is 5.91 Å². The molecular weight excluding hydrogens is 264 g/mol. The van der Waals surface area contributed by atoms with Crippen molar-refractivity contribution in [3.63, 3.8) is 0 Å². The lowest BCUT2D eigenvalue weighted by Gasteiger charge is -2.22. The summed E-state index contributed by atoms with van der Waals surface area (Å²) >= 11 is 0. The van der Waals surface area contributed by atoms with Crippen LogP contribution < -0.4 is 15.4 Å². The minimum atomic E-state index is 0.0791. The van der Waals surface area contributed by atoms with E-state index in [1.165, 1.54) is 32.1 Å². The van der Waals surface area contributed by atoms with Gasteiger partial charge in [0, 0.05) is 12.6 Å². The Morgan fingerprint density at radius 1 is 1.24 bits per heavy atom. The number of benzene rings is 1. The molecule has 0 saturated heterocycles. The molecule has 1 fully saturated rings. The smallest absolute Gasteiger partial charge is 0.233 e. The number of carbonyl (C=O) groups is 1. The van der Waals surface area contributed by atoms with Crippen LogP contribution in [0.15, 0.2) is 24.3 Å². The maximum Gasteiger partial charge on any atom is 0.233 e. The van der Waals surface area contributed by atoms with Crippen LogP contribution in [-0.4, -0.2) is 32.1 Å². The Balaban J connectivity index is 1.64. The fourth-order valence-corrected chi connectivity index (χ4v) is 2.85. The monoisotopic (exact) mass is 290 g/mol. The molecule has 1 aliphatic carbocycles. The molecule has 116 valence electrons. The van der Waals surface area contributed by atoms with E-state index in [4.69, 9.17) is 4.74 Å². The van der Waals surface area contributed by atoms with Gasteiger partial charge in [-0.3, -0.25) is 4.79 Å². The number of amides is 1. The van der Waals surface area contributed by atoms with Crippen LogP contribution in [0.2, 0.25) is 0 Å². The Kier molecular flexibility index (Phi) is 6.54. The van der Waals surface area contributed by atoms with E-state index in [1.54, 1.807) is 7.11 Å². The lowest BCUT2D eigenvalue weighted by atomic mass is 9.95. The number of para-hydroxylation sites is 1. The average molecular weight is 290 g/mol. The van der Waals surface area contributed by atoms with Crippen LogP contribution in [0.4, 0.5) is 0 Å². The van der Waals surface area contributed by atoms with Gasteiger partial charge >= 0.3 is 0 Å². The van der Waals surface area contributed by atoms with Crippen LogP contribution in [0.25, 0.3) is 0 Å². The van der Waals surface area contributed by atoms with E-state index in [2.05, 4.69) is 10.6 Å². The second-order valence-electron chi connectivity index (χ2n) is 5.63. The summed E-state index contributed by atoms with van der Waals surface area (Å²) in [7, 11) is 1.67. The molecule has 1 saturated carbocycles. The summed E-state index contributed by atoms with van der Waals surface area (Å²) in [5.74, 6) is 0.961. The SMILES string of the molecule is COc1ccccc1CCNC(=O)CNC1CCCCC1. The number of hydrogen-bond acceptors (Lipinski definition) is 3. The van der Waals surface area contributed by atoms with Gasteiger partial charge in [0.25, 0.3) is 0 Å². The number of carbonyl (C=O) groups excluding carboxylic acids is 1. The topological polar surface area (TPSA) is 50.4 Å². The average Bonchev–Trinajstić information content (AvgIpc) is 2.54. The molecule has 0 spiro atoms. The van der Waals surface area contributed by atoms with Crippen molar-refractivity contribution in [3.05, 3.63) is 29.8 Å². The second-order valence-corrected chi connectivity index (χ2v) is 5.63. The summed E-state index contributed by atoms with van der Waals surface area (Å²) in [6.07, 6.45) is 7.10. The van der Waals surface area contributed by atoms with Gasteiger partial charge in [0.2, 0.25) is 5.91 Å². The third-order valence-corrected chi connectivity index (χ3v) is 4.07. The summed E-state index contributed by atoms with van der Waals surface area (Å²) in [6, 6.07) is 8.45. The van der Waals surface area contributed by atoms with Gasteiger partial charge in [0.1, 0.15) is 5.75 Å². The first kappa shape index (κ1) is 15.8. The number of rotatable bonds is 7. The van der Waals surface area contributed by atoms with Crippen molar-refractivity contribution in [2.45, 2.75) is 44.6 Å². The minimum absolute atomic E-state index is 0.0791. The fraction of sp³-hybridized carbons (Fsp3) is 0.588. The van der Waals surface area contributed by atoms with Crippen LogP contribution in [-0.2, 0) is 11.2 Å². The van der Waals surface area contributed by atoms with Crippen LogP contribution in [0.3, 0.4) is 0 Å². The first-order valence-corrected chi connectivity index (χ1v) is 7.91. The summed E-state index contributed by atoms with van der Waals surface area (Å²) < 4.78 is 5.30. The van der Waals surface area contributed by atoms with Gasteiger partial charge < -0.3 is 15.4 Å². The Morgan fingerprint density at radius 2 is 2.00 bits per heavy atom. The van der Waals surface area contributed by atoms with E-state index in [9.17, 15) is 4.79 Å². The van der Waals surface area contributed by atoms with Crippen LogP contribution in [0.1, 0.15) is 37.7 Å². The fourth-order valence-electron chi connectivity index (χ4n) is 2.85. The zero-order valence-corrected chi connectivity index (χ0v) is 12.9. The quantitative estimate of drug-likeness (QED) is 0.810. The Hall–Kier alpha value is -1.55. The third kappa shape index (κ3) is 5.38. The number of nitrogens with one attached hydrogen (secondary N) is 2. The first-order chi connectivity index (χ1) is 10.3.